The van der Waals surface area contributed by atoms with Gasteiger partial charge in [0.15, 0.2) is 0 Å². The summed E-state index contributed by atoms with van der Waals surface area (Å²) in [6, 6.07) is -3.26. The van der Waals surface area contributed by atoms with Crippen molar-refractivity contribution in [1.82, 2.24) is 16.0 Å². The quantitative estimate of drug-likeness (QED) is 0.0801. The fourth-order valence-electron chi connectivity index (χ4n) is 4.93. The Morgan fingerprint density at radius 2 is 0.525 bits per heavy atom. The third kappa shape index (κ3) is 16.2. The van der Waals surface area contributed by atoms with Crippen LogP contribution in [0.15, 0.2) is 54.6 Å². The van der Waals surface area contributed by atoms with Crippen LogP contribution in [-0.4, -0.2) is 56.2 Å². The number of alkyl halides is 18. The van der Waals surface area contributed by atoms with Gasteiger partial charge in [0.1, 0.15) is 0 Å². The number of nitrogens with one attached hydrogen (secondary N) is 6. The first kappa shape index (κ1) is 50.0. The van der Waals surface area contributed by atoms with Gasteiger partial charge in [0, 0.05) is 36.7 Å². The SMILES string of the molecule is O=C(NCCP(CCNC(=O)Nc1cc(C(F)(F)F)cc(C(F)(F)F)c1)CCNC(=O)Nc1cc(C(F)(F)F)cc(C(F)(F)F)c1)Nc1cc(C(F)(F)F)cc(C(F)(F)F)c1. The summed E-state index contributed by atoms with van der Waals surface area (Å²) >= 11 is 0. The molecule has 0 saturated heterocycles. The number of hydrogen-bond acceptors (Lipinski definition) is 3. The van der Waals surface area contributed by atoms with Crippen LogP contribution in [0.4, 0.5) is 110 Å². The fraction of sp³-hybridized carbons (Fsp3) is 0.364. The predicted molar refractivity (Wildman–Crippen MR) is 182 cm³/mol. The molecule has 0 spiro atoms. The van der Waals surface area contributed by atoms with E-state index in [1.54, 1.807) is 16.0 Å². The number of amides is 6. The molecule has 3 rings (SSSR count). The molecule has 0 bridgehead atoms. The Labute approximate surface area is 331 Å². The van der Waals surface area contributed by atoms with Gasteiger partial charge in [-0.2, -0.15) is 79.0 Å². The fourth-order valence-corrected chi connectivity index (χ4v) is 6.88. The molecule has 0 unspecified atom stereocenters. The van der Waals surface area contributed by atoms with E-state index in [4.69, 9.17) is 0 Å². The first-order valence-electron chi connectivity index (χ1n) is 16.5. The Kier molecular flexibility index (Phi) is 15.7. The molecule has 338 valence electrons. The van der Waals surface area contributed by atoms with Crippen LogP contribution in [0.5, 0.6) is 0 Å². The third-order valence-electron chi connectivity index (χ3n) is 7.68. The summed E-state index contributed by atoms with van der Waals surface area (Å²) in [6.07, 6.45) is -31.9. The van der Waals surface area contributed by atoms with Gasteiger partial charge in [-0.05, 0) is 73.1 Å². The predicted octanol–water partition coefficient (Wildman–Crippen LogP) is 11.0. The minimum atomic E-state index is -5.25. The molecular formula is C33H27F18N6O3P. The van der Waals surface area contributed by atoms with E-state index in [0.717, 1.165) is 0 Å². The Hall–Kier alpha value is -5.36. The van der Waals surface area contributed by atoms with E-state index in [9.17, 15) is 93.4 Å². The lowest BCUT2D eigenvalue weighted by molar-refractivity contribution is -0.144. The van der Waals surface area contributed by atoms with Crippen LogP contribution in [-0.2, 0) is 37.1 Å². The summed E-state index contributed by atoms with van der Waals surface area (Å²) in [5.41, 5.74) is -13.3. The second-order valence-corrected chi connectivity index (χ2v) is 15.1. The van der Waals surface area contributed by atoms with Gasteiger partial charge in [0.2, 0.25) is 0 Å². The molecule has 0 heterocycles. The first-order valence-corrected chi connectivity index (χ1v) is 18.4. The Bertz CT molecular complexity index is 1710. The average molecular weight is 929 g/mol. The molecule has 0 aliphatic heterocycles. The lowest BCUT2D eigenvalue weighted by Gasteiger charge is -2.20. The van der Waals surface area contributed by atoms with Crippen LogP contribution in [0.25, 0.3) is 0 Å². The lowest BCUT2D eigenvalue weighted by Crippen LogP contribution is -2.34. The monoisotopic (exact) mass is 928 g/mol. The van der Waals surface area contributed by atoms with Crippen molar-refractivity contribution in [3.63, 3.8) is 0 Å². The Morgan fingerprint density at radius 1 is 0.344 bits per heavy atom. The number of halogens is 18. The number of urea groups is 3. The van der Waals surface area contributed by atoms with E-state index in [-0.39, 0.29) is 73.1 Å². The first-order chi connectivity index (χ1) is 27.7. The lowest BCUT2D eigenvalue weighted by atomic mass is 10.1. The number of rotatable bonds is 12. The molecule has 6 amide bonds. The largest absolute Gasteiger partial charge is 0.416 e. The van der Waals surface area contributed by atoms with Crippen LogP contribution < -0.4 is 31.9 Å². The molecule has 0 fully saturated rings. The number of carbonyl (C=O) groups excluding carboxylic acids is 3. The highest BCUT2D eigenvalue weighted by atomic mass is 31.1. The summed E-state index contributed by atoms with van der Waals surface area (Å²) in [5, 5.41) is 11.8. The molecule has 0 aromatic heterocycles. The van der Waals surface area contributed by atoms with E-state index in [1.165, 1.54) is 0 Å². The molecule has 9 nitrogen and oxygen atoms in total. The molecule has 0 saturated carbocycles. The summed E-state index contributed by atoms with van der Waals surface area (Å²) in [7, 11) is -1.57. The number of carbonyl (C=O) groups is 3. The standard InChI is InChI=1S/C33H27F18N6O3P/c34-28(35,36)16-7-17(29(37,38)39)11-22(10-16)55-25(58)52-1-4-61(5-2-53-26(59)56-23-12-18(30(40,41)42)8-19(13-23)31(43,44)45)6-3-54-27(60)57-24-14-20(32(46,47)48)9-21(15-24)33(49,50)51/h7-15H,1-6H2,(H2,52,55,58)(H2,53,56,59)(H2,54,57,60). The molecule has 0 radical (unpaired) electrons. The number of benzene rings is 3. The third-order valence-corrected chi connectivity index (χ3v) is 10.2. The Balaban J connectivity index is 1.71. The molecule has 6 N–H and O–H groups in total. The van der Waals surface area contributed by atoms with Crippen LogP contribution >= 0.6 is 7.92 Å². The maximum absolute atomic E-state index is 13.2. The normalized spacial score (nSPS) is 12.8. The summed E-state index contributed by atoms with van der Waals surface area (Å²) < 4.78 is 238. The zero-order valence-corrected chi connectivity index (χ0v) is 30.8. The zero-order valence-electron chi connectivity index (χ0n) is 29.9. The van der Waals surface area contributed by atoms with Crippen molar-refractivity contribution in [3.05, 3.63) is 88.0 Å². The highest BCUT2D eigenvalue weighted by Gasteiger charge is 2.39. The molecule has 0 aliphatic carbocycles. The second kappa shape index (κ2) is 19.1. The van der Waals surface area contributed by atoms with Crippen molar-refractivity contribution in [2.24, 2.45) is 0 Å². The molecular weight excluding hydrogens is 901 g/mol. The van der Waals surface area contributed by atoms with Crippen LogP contribution in [0.2, 0.25) is 0 Å². The van der Waals surface area contributed by atoms with E-state index in [0.29, 0.717) is 0 Å². The molecule has 0 aliphatic rings. The summed E-state index contributed by atoms with van der Waals surface area (Å²) in [6.45, 7) is -1.22. The van der Waals surface area contributed by atoms with Gasteiger partial charge in [-0.15, -0.1) is 7.92 Å². The van der Waals surface area contributed by atoms with Crippen molar-refractivity contribution < 1.29 is 93.4 Å². The summed E-state index contributed by atoms with van der Waals surface area (Å²) in [4.78, 5) is 37.3. The van der Waals surface area contributed by atoms with Crippen molar-refractivity contribution in [1.29, 1.82) is 0 Å². The van der Waals surface area contributed by atoms with Gasteiger partial charge in [0.05, 0.1) is 33.4 Å². The average Bonchev–Trinajstić information content (AvgIpc) is 3.08. The van der Waals surface area contributed by atoms with Gasteiger partial charge in [-0.25, -0.2) is 14.4 Å². The van der Waals surface area contributed by atoms with E-state index in [1.807, 2.05) is 0 Å². The van der Waals surface area contributed by atoms with Crippen LogP contribution in [0, 0.1) is 0 Å². The molecule has 61 heavy (non-hydrogen) atoms. The van der Waals surface area contributed by atoms with Crippen LogP contribution in [0.3, 0.4) is 0 Å². The highest BCUT2D eigenvalue weighted by molar-refractivity contribution is 7.57. The minimum Gasteiger partial charge on any atom is -0.338 e. The highest BCUT2D eigenvalue weighted by Crippen LogP contribution is 2.40. The van der Waals surface area contributed by atoms with Gasteiger partial charge in [0.25, 0.3) is 0 Å². The smallest absolute Gasteiger partial charge is 0.338 e. The minimum absolute atomic E-state index is 0.128. The number of hydrogen-bond donors (Lipinski definition) is 6. The number of anilines is 3. The summed E-state index contributed by atoms with van der Waals surface area (Å²) in [5.74, 6) is 0. The van der Waals surface area contributed by atoms with Gasteiger partial charge >= 0.3 is 55.2 Å². The van der Waals surface area contributed by atoms with Crippen molar-refractivity contribution >= 4 is 43.1 Å². The van der Waals surface area contributed by atoms with E-state index in [2.05, 4.69) is 16.0 Å². The van der Waals surface area contributed by atoms with Crippen LogP contribution in [0.1, 0.15) is 33.4 Å². The maximum atomic E-state index is 13.2. The van der Waals surface area contributed by atoms with Crippen molar-refractivity contribution in [2.75, 3.05) is 54.1 Å². The second-order valence-electron chi connectivity index (χ2n) is 12.4. The van der Waals surface area contributed by atoms with Gasteiger partial charge in [-0.3, -0.25) is 0 Å². The van der Waals surface area contributed by atoms with Gasteiger partial charge in [-0.1, -0.05) is 0 Å². The maximum Gasteiger partial charge on any atom is 0.416 e. The zero-order chi connectivity index (χ0) is 46.4. The van der Waals surface area contributed by atoms with Gasteiger partial charge < -0.3 is 31.9 Å². The molecule has 3 aromatic carbocycles. The van der Waals surface area contributed by atoms with E-state index < -0.39 is 133 Å². The van der Waals surface area contributed by atoms with E-state index >= 15 is 0 Å². The Morgan fingerprint density at radius 3 is 0.689 bits per heavy atom. The topological polar surface area (TPSA) is 123 Å². The van der Waals surface area contributed by atoms with Crippen molar-refractivity contribution in [3.8, 4) is 0 Å². The molecule has 0 atom stereocenters. The molecule has 28 heteroatoms. The van der Waals surface area contributed by atoms with Crippen molar-refractivity contribution in [2.45, 2.75) is 37.1 Å². The molecule has 3 aromatic rings.